The summed E-state index contributed by atoms with van der Waals surface area (Å²) in [6.07, 6.45) is -0.362. The molecule has 0 bridgehead atoms. The fraction of sp³-hybridized carbons (Fsp3) is 0.500. The molecule has 1 amide bonds. The molecule has 0 fully saturated rings. The highest BCUT2D eigenvalue weighted by atomic mass is 32.2. The molecule has 21 heavy (non-hydrogen) atoms. The van der Waals surface area contributed by atoms with E-state index >= 15 is 0 Å². The second-order valence-corrected chi connectivity index (χ2v) is 7.11. The molecule has 0 saturated heterocycles. The molecule has 7 heteroatoms. The molecule has 0 saturated carbocycles. The summed E-state index contributed by atoms with van der Waals surface area (Å²) in [5.74, 6) is 0.551. The van der Waals surface area contributed by atoms with E-state index in [9.17, 15) is 13.2 Å². The molecular formula is C14H21NO5S. The third kappa shape index (κ3) is 6.03. The molecule has 1 N–H and O–H groups in total. The van der Waals surface area contributed by atoms with Crippen molar-refractivity contribution in [3.05, 3.63) is 24.3 Å². The van der Waals surface area contributed by atoms with Crippen molar-refractivity contribution < 1.29 is 22.7 Å². The van der Waals surface area contributed by atoms with Crippen molar-refractivity contribution in [2.75, 3.05) is 6.61 Å². The Hall–Kier alpha value is -1.76. The topological polar surface area (TPSA) is 81.7 Å². The first-order chi connectivity index (χ1) is 9.64. The van der Waals surface area contributed by atoms with Gasteiger partial charge in [0.1, 0.15) is 11.4 Å². The van der Waals surface area contributed by atoms with Crippen LogP contribution in [0.4, 0.5) is 4.79 Å². The zero-order valence-corrected chi connectivity index (χ0v) is 13.5. The maximum Gasteiger partial charge on any atom is 0.421 e. The van der Waals surface area contributed by atoms with E-state index in [1.54, 1.807) is 0 Å². The maximum atomic E-state index is 11.9. The van der Waals surface area contributed by atoms with Gasteiger partial charge < -0.3 is 9.47 Å². The van der Waals surface area contributed by atoms with Gasteiger partial charge in [0.05, 0.1) is 11.5 Å². The van der Waals surface area contributed by atoms with E-state index in [0.717, 1.165) is 0 Å². The first-order valence-electron chi connectivity index (χ1n) is 6.63. The number of carbonyl (C=O) groups is 1. The molecule has 0 aliphatic heterocycles. The minimum absolute atomic E-state index is 0.0304. The van der Waals surface area contributed by atoms with E-state index < -0.39 is 16.1 Å². The number of hydrogen-bond donors (Lipinski definition) is 1. The molecule has 118 valence electrons. The summed E-state index contributed by atoms with van der Waals surface area (Å²) in [7, 11) is -3.93. The van der Waals surface area contributed by atoms with E-state index in [4.69, 9.17) is 4.74 Å². The van der Waals surface area contributed by atoms with Gasteiger partial charge >= 0.3 is 6.09 Å². The standard InChI is InChI=1S/C14H21NO5S/c1-5-10-19-13(16)15-21(17,18)12-8-6-11(7-9-12)20-14(2,3)4/h6-9H,5,10H2,1-4H3,(H,15,16). The summed E-state index contributed by atoms with van der Waals surface area (Å²) in [6.45, 7) is 7.66. The third-order valence-electron chi connectivity index (χ3n) is 2.21. The van der Waals surface area contributed by atoms with Crippen LogP contribution >= 0.6 is 0 Å². The average molecular weight is 315 g/mol. The number of benzene rings is 1. The van der Waals surface area contributed by atoms with Crippen LogP contribution in [0.1, 0.15) is 34.1 Å². The van der Waals surface area contributed by atoms with Crippen molar-refractivity contribution in [2.45, 2.75) is 44.6 Å². The van der Waals surface area contributed by atoms with E-state index in [-0.39, 0.29) is 17.1 Å². The number of nitrogens with one attached hydrogen (secondary N) is 1. The molecule has 1 aromatic rings. The number of hydrogen-bond acceptors (Lipinski definition) is 5. The number of sulfonamides is 1. The van der Waals surface area contributed by atoms with Crippen molar-refractivity contribution in [2.24, 2.45) is 0 Å². The Morgan fingerprint density at radius 2 is 1.76 bits per heavy atom. The lowest BCUT2D eigenvalue weighted by Crippen LogP contribution is -2.31. The number of amides is 1. The fourth-order valence-corrected chi connectivity index (χ4v) is 2.32. The highest BCUT2D eigenvalue weighted by molar-refractivity contribution is 7.90. The molecule has 0 unspecified atom stereocenters. The molecule has 0 spiro atoms. The summed E-state index contributed by atoms with van der Waals surface area (Å²) >= 11 is 0. The molecular weight excluding hydrogens is 294 g/mol. The zero-order valence-electron chi connectivity index (χ0n) is 12.7. The van der Waals surface area contributed by atoms with Gasteiger partial charge in [0.25, 0.3) is 10.0 Å². The van der Waals surface area contributed by atoms with Crippen molar-refractivity contribution >= 4 is 16.1 Å². The van der Waals surface area contributed by atoms with Crippen molar-refractivity contribution in [1.82, 2.24) is 4.72 Å². The van der Waals surface area contributed by atoms with Gasteiger partial charge in [0.2, 0.25) is 0 Å². The number of rotatable bonds is 5. The summed E-state index contributed by atoms with van der Waals surface area (Å²) in [6, 6.07) is 5.82. The van der Waals surface area contributed by atoms with Gasteiger partial charge in [-0.3, -0.25) is 0 Å². The minimum atomic E-state index is -3.93. The maximum absolute atomic E-state index is 11.9. The predicted molar refractivity (Wildman–Crippen MR) is 78.8 cm³/mol. The van der Waals surface area contributed by atoms with Crippen LogP contribution in [-0.2, 0) is 14.8 Å². The quantitative estimate of drug-likeness (QED) is 0.903. The van der Waals surface area contributed by atoms with E-state index in [1.807, 2.05) is 32.4 Å². The molecule has 0 aromatic heterocycles. The highest BCUT2D eigenvalue weighted by Crippen LogP contribution is 2.20. The molecule has 1 aromatic carbocycles. The highest BCUT2D eigenvalue weighted by Gasteiger charge is 2.19. The Kier molecular flexibility index (Phi) is 5.60. The van der Waals surface area contributed by atoms with Gasteiger partial charge in [-0.05, 0) is 51.5 Å². The second kappa shape index (κ2) is 6.80. The SMILES string of the molecule is CCCOC(=O)NS(=O)(=O)c1ccc(OC(C)(C)C)cc1. The van der Waals surface area contributed by atoms with Gasteiger partial charge in [-0.25, -0.2) is 17.9 Å². The van der Waals surface area contributed by atoms with Gasteiger partial charge in [0.15, 0.2) is 0 Å². The van der Waals surface area contributed by atoms with Crippen LogP contribution in [0.3, 0.4) is 0 Å². The van der Waals surface area contributed by atoms with Crippen LogP contribution in [0.15, 0.2) is 29.2 Å². The van der Waals surface area contributed by atoms with Crippen LogP contribution in [-0.4, -0.2) is 26.7 Å². The van der Waals surface area contributed by atoms with Crippen LogP contribution in [0.2, 0.25) is 0 Å². The lowest BCUT2D eigenvalue weighted by molar-refractivity contribution is 0.131. The van der Waals surface area contributed by atoms with E-state index in [1.165, 1.54) is 24.3 Å². The molecule has 0 aliphatic carbocycles. The third-order valence-corrected chi connectivity index (χ3v) is 3.54. The smallest absolute Gasteiger partial charge is 0.421 e. The fourth-order valence-electron chi connectivity index (χ4n) is 1.43. The summed E-state index contributed by atoms with van der Waals surface area (Å²) in [5, 5.41) is 0. The van der Waals surface area contributed by atoms with E-state index in [0.29, 0.717) is 12.2 Å². The Balaban J connectivity index is 2.78. The van der Waals surface area contributed by atoms with Gasteiger partial charge in [-0.1, -0.05) is 6.92 Å². The zero-order chi connectivity index (χ0) is 16.1. The molecule has 1 rings (SSSR count). The minimum Gasteiger partial charge on any atom is -0.488 e. The van der Waals surface area contributed by atoms with Gasteiger partial charge in [-0.15, -0.1) is 0 Å². The Labute approximate surface area is 125 Å². The second-order valence-electron chi connectivity index (χ2n) is 5.43. The van der Waals surface area contributed by atoms with Crippen LogP contribution in [0.25, 0.3) is 0 Å². The largest absolute Gasteiger partial charge is 0.488 e. The lowest BCUT2D eigenvalue weighted by Gasteiger charge is -2.21. The molecule has 0 radical (unpaired) electrons. The van der Waals surface area contributed by atoms with Crippen molar-refractivity contribution in [3.8, 4) is 5.75 Å². The summed E-state index contributed by atoms with van der Waals surface area (Å²) in [5.41, 5.74) is -0.372. The van der Waals surface area contributed by atoms with Crippen molar-refractivity contribution in [3.63, 3.8) is 0 Å². The first-order valence-corrected chi connectivity index (χ1v) is 8.11. The monoisotopic (exact) mass is 315 g/mol. The molecule has 0 heterocycles. The van der Waals surface area contributed by atoms with Crippen molar-refractivity contribution in [1.29, 1.82) is 0 Å². The van der Waals surface area contributed by atoms with E-state index in [2.05, 4.69) is 4.74 Å². The Morgan fingerprint density at radius 3 is 2.24 bits per heavy atom. The summed E-state index contributed by atoms with van der Waals surface area (Å²) < 4.78 is 36.0. The van der Waals surface area contributed by atoms with Crippen LogP contribution in [0, 0.1) is 0 Å². The Morgan fingerprint density at radius 1 is 1.19 bits per heavy atom. The normalized spacial score (nSPS) is 11.8. The van der Waals surface area contributed by atoms with Crippen LogP contribution < -0.4 is 9.46 Å². The Bertz CT molecular complexity index is 572. The molecule has 0 atom stereocenters. The average Bonchev–Trinajstić information content (AvgIpc) is 2.34. The van der Waals surface area contributed by atoms with Gasteiger partial charge in [0, 0.05) is 0 Å². The molecule has 6 nitrogen and oxygen atoms in total. The number of carbonyl (C=O) groups excluding carboxylic acids is 1. The van der Waals surface area contributed by atoms with Crippen LogP contribution in [0.5, 0.6) is 5.75 Å². The molecule has 0 aliphatic rings. The first kappa shape index (κ1) is 17.3. The predicted octanol–water partition coefficient (Wildman–Crippen LogP) is 2.69. The lowest BCUT2D eigenvalue weighted by atomic mass is 10.2. The number of ether oxygens (including phenoxy) is 2. The summed E-state index contributed by atoms with van der Waals surface area (Å²) in [4.78, 5) is 11.3. The van der Waals surface area contributed by atoms with Gasteiger partial charge in [-0.2, -0.15) is 0 Å².